The largest absolute Gasteiger partial charge is 0.380 e. The summed E-state index contributed by atoms with van der Waals surface area (Å²) >= 11 is 0. The molecule has 1 aromatic carbocycles. The molecule has 1 aliphatic rings. The second-order valence-electron chi connectivity index (χ2n) is 4.33. The first-order valence-corrected chi connectivity index (χ1v) is 5.68. The summed E-state index contributed by atoms with van der Waals surface area (Å²) in [5, 5.41) is 3.40. The van der Waals surface area contributed by atoms with Crippen LogP contribution in [-0.2, 0) is 11.2 Å². The van der Waals surface area contributed by atoms with Crippen molar-refractivity contribution in [3.63, 3.8) is 0 Å². The molecule has 0 aromatic heterocycles. The molecule has 0 radical (unpaired) electrons. The van der Waals surface area contributed by atoms with Crippen LogP contribution in [0.25, 0.3) is 0 Å². The second kappa shape index (κ2) is 5.29. The zero-order valence-corrected chi connectivity index (χ0v) is 9.33. The van der Waals surface area contributed by atoms with Crippen LogP contribution in [-0.4, -0.2) is 26.3 Å². The third-order valence-electron chi connectivity index (χ3n) is 2.85. The molecule has 2 nitrogen and oxygen atoms in total. The SMILES string of the molecule is Cc1ccc(CC2CNCCOC2)cc1. The minimum atomic E-state index is 0.621. The van der Waals surface area contributed by atoms with E-state index in [0.717, 1.165) is 32.7 Å². The third kappa shape index (κ3) is 3.33. The van der Waals surface area contributed by atoms with Gasteiger partial charge < -0.3 is 10.1 Å². The molecule has 15 heavy (non-hydrogen) atoms. The molecule has 1 aliphatic heterocycles. The predicted octanol–water partition coefficient (Wildman–Crippen LogP) is 1.77. The Morgan fingerprint density at radius 2 is 2.13 bits per heavy atom. The maximum absolute atomic E-state index is 5.54. The first-order valence-electron chi connectivity index (χ1n) is 5.68. The van der Waals surface area contributed by atoms with Crippen molar-refractivity contribution < 1.29 is 4.74 Å². The van der Waals surface area contributed by atoms with E-state index >= 15 is 0 Å². The number of benzene rings is 1. The van der Waals surface area contributed by atoms with Crippen LogP contribution < -0.4 is 5.32 Å². The molecule has 0 bridgehead atoms. The summed E-state index contributed by atoms with van der Waals surface area (Å²) in [7, 11) is 0. The summed E-state index contributed by atoms with van der Waals surface area (Å²) in [6.45, 7) is 5.93. The van der Waals surface area contributed by atoms with Gasteiger partial charge in [0.25, 0.3) is 0 Å². The Bertz CT molecular complexity index is 286. The second-order valence-corrected chi connectivity index (χ2v) is 4.33. The van der Waals surface area contributed by atoms with E-state index in [1.807, 2.05) is 0 Å². The van der Waals surface area contributed by atoms with Crippen LogP contribution >= 0.6 is 0 Å². The van der Waals surface area contributed by atoms with E-state index in [4.69, 9.17) is 4.74 Å². The molecule has 2 rings (SSSR count). The topological polar surface area (TPSA) is 21.3 Å². The lowest BCUT2D eigenvalue weighted by atomic mass is 9.99. The van der Waals surface area contributed by atoms with Gasteiger partial charge in [-0.25, -0.2) is 0 Å². The zero-order chi connectivity index (χ0) is 10.5. The Hall–Kier alpha value is -0.860. The zero-order valence-electron chi connectivity index (χ0n) is 9.33. The lowest BCUT2D eigenvalue weighted by Crippen LogP contribution is -2.24. The van der Waals surface area contributed by atoms with Crippen molar-refractivity contribution in [2.24, 2.45) is 5.92 Å². The van der Waals surface area contributed by atoms with E-state index in [1.54, 1.807) is 0 Å². The van der Waals surface area contributed by atoms with Gasteiger partial charge in [0.1, 0.15) is 0 Å². The molecule has 1 fully saturated rings. The standard InChI is InChI=1S/C13H19NO/c1-11-2-4-12(5-3-11)8-13-9-14-6-7-15-10-13/h2-5,13-14H,6-10H2,1H3. The van der Waals surface area contributed by atoms with Gasteiger partial charge in [0.15, 0.2) is 0 Å². The van der Waals surface area contributed by atoms with Crippen LogP contribution in [0.1, 0.15) is 11.1 Å². The Kier molecular flexibility index (Phi) is 3.75. The average Bonchev–Trinajstić information content (AvgIpc) is 2.50. The number of hydrogen-bond acceptors (Lipinski definition) is 2. The van der Waals surface area contributed by atoms with Gasteiger partial charge in [0.2, 0.25) is 0 Å². The number of nitrogens with one attached hydrogen (secondary N) is 1. The monoisotopic (exact) mass is 205 g/mol. The fourth-order valence-electron chi connectivity index (χ4n) is 1.95. The van der Waals surface area contributed by atoms with Crippen molar-refractivity contribution in [1.82, 2.24) is 5.32 Å². The fourth-order valence-corrected chi connectivity index (χ4v) is 1.95. The van der Waals surface area contributed by atoms with Gasteiger partial charge in [-0.05, 0) is 24.8 Å². The minimum Gasteiger partial charge on any atom is -0.380 e. The molecule has 1 saturated heterocycles. The van der Waals surface area contributed by atoms with Crippen LogP contribution in [0.5, 0.6) is 0 Å². The Morgan fingerprint density at radius 3 is 2.93 bits per heavy atom. The third-order valence-corrected chi connectivity index (χ3v) is 2.85. The van der Waals surface area contributed by atoms with Crippen LogP contribution in [0.3, 0.4) is 0 Å². The highest BCUT2D eigenvalue weighted by atomic mass is 16.5. The Balaban J connectivity index is 1.92. The molecular formula is C13H19NO. The number of ether oxygens (including phenoxy) is 1. The van der Waals surface area contributed by atoms with Crippen molar-refractivity contribution in [1.29, 1.82) is 0 Å². The highest BCUT2D eigenvalue weighted by molar-refractivity contribution is 5.21. The summed E-state index contributed by atoms with van der Waals surface area (Å²) in [4.78, 5) is 0. The summed E-state index contributed by atoms with van der Waals surface area (Å²) in [6, 6.07) is 8.81. The van der Waals surface area contributed by atoms with Crippen molar-refractivity contribution in [2.45, 2.75) is 13.3 Å². The van der Waals surface area contributed by atoms with Gasteiger partial charge in [-0.15, -0.1) is 0 Å². The lowest BCUT2D eigenvalue weighted by Gasteiger charge is -2.13. The van der Waals surface area contributed by atoms with Gasteiger partial charge >= 0.3 is 0 Å². The Labute approximate surface area is 91.6 Å². The lowest BCUT2D eigenvalue weighted by molar-refractivity contribution is 0.123. The number of aryl methyl sites for hydroxylation is 1. The van der Waals surface area contributed by atoms with E-state index in [2.05, 4.69) is 36.5 Å². The molecular weight excluding hydrogens is 186 g/mol. The molecule has 1 aromatic rings. The van der Waals surface area contributed by atoms with Crippen molar-refractivity contribution in [2.75, 3.05) is 26.3 Å². The number of hydrogen-bond donors (Lipinski definition) is 1. The molecule has 2 heteroatoms. The van der Waals surface area contributed by atoms with Crippen LogP contribution in [0.15, 0.2) is 24.3 Å². The highest BCUT2D eigenvalue weighted by Crippen LogP contribution is 2.11. The normalized spacial score (nSPS) is 22.3. The summed E-state index contributed by atoms with van der Waals surface area (Å²) in [6.07, 6.45) is 1.12. The highest BCUT2D eigenvalue weighted by Gasteiger charge is 2.12. The summed E-state index contributed by atoms with van der Waals surface area (Å²) in [5.41, 5.74) is 2.74. The average molecular weight is 205 g/mol. The predicted molar refractivity (Wildman–Crippen MR) is 62.1 cm³/mol. The van der Waals surface area contributed by atoms with E-state index in [0.29, 0.717) is 5.92 Å². The quantitative estimate of drug-likeness (QED) is 0.794. The minimum absolute atomic E-state index is 0.621. The van der Waals surface area contributed by atoms with E-state index < -0.39 is 0 Å². The fraction of sp³-hybridized carbons (Fsp3) is 0.538. The molecule has 1 N–H and O–H groups in total. The van der Waals surface area contributed by atoms with E-state index in [1.165, 1.54) is 11.1 Å². The first-order chi connectivity index (χ1) is 7.34. The van der Waals surface area contributed by atoms with Gasteiger partial charge in [-0.2, -0.15) is 0 Å². The molecule has 0 saturated carbocycles. The molecule has 1 heterocycles. The molecule has 82 valence electrons. The number of rotatable bonds is 2. The van der Waals surface area contributed by atoms with Crippen molar-refractivity contribution >= 4 is 0 Å². The molecule has 0 amide bonds. The first kappa shape index (κ1) is 10.7. The molecule has 0 aliphatic carbocycles. The molecule has 1 unspecified atom stereocenters. The summed E-state index contributed by atoms with van der Waals surface area (Å²) < 4.78 is 5.54. The Morgan fingerprint density at radius 1 is 1.33 bits per heavy atom. The van der Waals surface area contributed by atoms with Gasteiger partial charge in [-0.1, -0.05) is 29.8 Å². The van der Waals surface area contributed by atoms with Gasteiger partial charge in [-0.3, -0.25) is 0 Å². The van der Waals surface area contributed by atoms with Crippen LogP contribution in [0.2, 0.25) is 0 Å². The smallest absolute Gasteiger partial charge is 0.0591 e. The van der Waals surface area contributed by atoms with Crippen molar-refractivity contribution in [3.05, 3.63) is 35.4 Å². The molecule has 1 atom stereocenters. The van der Waals surface area contributed by atoms with Gasteiger partial charge in [0, 0.05) is 13.1 Å². The summed E-state index contributed by atoms with van der Waals surface area (Å²) in [5.74, 6) is 0.621. The maximum atomic E-state index is 5.54. The van der Waals surface area contributed by atoms with Crippen LogP contribution in [0.4, 0.5) is 0 Å². The van der Waals surface area contributed by atoms with E-state index in [-0.39, 0.29) is 0 Å². The van der Waals surface area contributed by atoms with Crippen molar-refractivity contribution in [3.8, 4) is 0 Å². The van der Waals surface area contributed by atoms with Gasteiger partial charge in [0.05, 0.1) is 13.2 Å². The van der Waals surface area contributed by atoms with Crippen LogP contribution in [0, 0.1) is 12.8 Å². The van der Waals surface area contributed by atoms with E-state index in [9.17, 15) is 0 Å². The maximum Gasteiger partial charge on any atom is 0.0591 e. The molecule has 0 spiro atoms.